The quantitative estimate of drug-likeness (QED) is 0.504. The molecule has 29 heavy (non-hydrogen) atoms. The molecule has 1 aliphatic rings. The van der Waals surface area contributed by atoms with Crippen LogP contribution in [0.15, 0.2) is 30.6 Å². The topological polar surface area (TPSA) is 132 Å². The first-order chi connectivity index (χ1) is 13.9. The van der Waals surface area contributed by atoms with Crippen LogP contribution in [0.4, 0.5) is 21.7 Å². The number of anilines is 3. The first-order valence-electron chi connectivity index (χ1n) is 9.44. The molecule has 8 nitrogen and oxygen atoms in total. The third kappa shape index (κ3) is 3.89. The van der Waals surface area contributed by atoms with Gasteiger partial charge in [-0.15, -0.1) is 0 Å². The number of rotatable bonds is 6. The summed E-state index contributed by atoms with van der Waals surface area (Å²) in [4.78, 5) is 25.4. The molecular formula is C20H22FN7O. The number of nitrogens with two attached hydrogens (primary N) is 2. The normalized spacial score (nSPS) is 14.6. The predicted octanol–water partition coefficient (Wildman–Crippen LogP) is 2.64. The minimum atomic E-state index is -0.444. The van der Waals surface area contributed by atoms with Gasteiger partial charge >= 0.3 is 0 Å². The molecule has 1 aliphatic carbocycles. The van der Waals surface area contributed by atoms with Gasteiger partial charge in [-0.1, -0.05) is 6.07 Å². The lowest BCUT2D eigenvalue weighted by Gasteiger charge is -2.19. The van der Waals surface area contributed by atoms with Crippen LogP contribution in [0.5, 0.6) is 0 Å². The number of nitrogen functional groups attached to an aromatic ring is 2. The number of nitrogens with one attached hydrogen (secondary N) is 2. The summed E-state index contributed by atoms with van der Waals surface area (Å²) in [5.74, 6) is 0.313. The van der Waals surface area contributed by atoms with E-state index in [-0.39, 0.29) is 17.4 Å². The van der Waals surface area contributed by atoms with E-state index in [2.05, 4.69) is 25.6 Å². The number of pyridine rings is 1. The summed E-state index contributed by atoms with van der Waals surface area (Å²) in [5.41, 5.74) is 13.1. The second kappa shape index (κ2) is 7.50. The fraction of sp³-hybridized carbons (Fsp3) is 0.300. The molecule has 3 aromatic rings. The molecule has 0 spiro atoms. The van der Waals surface area contributed by atoms with E-state index in [1.54, 1.807) is 18.2 Å². The average Bonchev–Trinajstić information content (AvgIpc) is 3.53. The van der Waals surface area contributed by atoms with Crippen LogP contribution in [-0.2, 0) is 0 Å². The Hall–Kier alpha value is -3.49. The molecule has 0 radical (unpaired) electrons. The Bertz CT molecular complexity index is 1080. The Morgan fingerprint density at radius 3 is 2.86 bits per heavy atom. The molecule has 1 amide bonds. The molecule has 2 aromatic heterocycles. The third-order valence-electron chi connectivity index (χ3n) is 5.01. The first kappa shape index (κ1) is 18.9. The van der Waals surface area contributed by atoms with Crippen LogP contribution in [0.3, 0.4) is 0 Å². The predicted molar refractivity (Wildman–Crippen MR) is 110 cm³/mol. The molecular weight excluding hydrogens is 373 g/mol. The number of halogens is 1. The SMILES string of the molecule is C[C@H](Nc1ncnc(N)c1N)c1nc2cccc(F)c2cc1C(=O)NCC1CC1. The lowest BCUT2D eigenvalue weighted by atomic mass is 10.0. The maximum Gasteiger partial charge on any atom is 0.253 e. The highest BCUT2D eigenvalue weighted by atomic mass is 19.1. The Morgan fingerprint density at radius 2 is 2.10 bits per heavy atom. The molecule has 6 N–H and O–H groups in total. The van der Waals surface area contributed by atoms with Crippen LogP contribution in [-0.4, -0.2) is 27.4 Å². The summed E-state index contributed by atoms with van der Waals surface area (Å²) in [7, 11) is 0. The van der Waals surface area contributed by atoms with E-state index < -0.39 is 11.9 Å². The zero-order chi connectivity index (χ0) is 20.5. The van der Waals surface area contributed by atoms with Gasteiger partial charge in [0, 0.05) is 11.9 Å². The van der Waals surface area contributed by atoms with Gasteiger partial charge in [-0.05, 0) is 43.9 Å². The largest absolute Gasteiger partial charge is 0.393 e. The van der Waals surface area contributed by atoms with E-state index in [0.29, 0.717) is 40.4 Å². The average molecular weight is 395 g/mol. The number of fused-ring (bicyclic) bond motifs is 1. The van der Waals surface area contributed by atoms with Crippen molar-refractivity contribution in [1.82, 2.24) is 20.3 Å². The number of hydrogen-bond donors (Lipinski definition) is 4. The van der Waals surface area contributed by atoms with Crippen LogP contribution >= 0.6 is 0 Å². The highest BCUT2D eigenvalue weighted by Crippen LogP contribution is 2.30. The highest BCUT2D eigenvalue weighted by Gasteiger charge is 2.25. The zero-order valence-corrected chi connectivity index (χ0v) is 15.9. The van der Waals surface area contributed by atoms with Crippen LogP contribution < -0.4 is 22.1 Å². The molecule has 0 unspecified atom stereocenters. The maximum absolute atomic E-state index is 14.3. The lowest BCUT2D eigenvalue weighted by Crippen LogP contribution is -2.28. The van der Waals surface area contributed by atoms with E-state index in [0.717, 1.165) is 12.8 Å². The monoisotopic (exact) mass is 395 g/mol. The van der Waals surface area contributed by atoms with Crippen LogP contribution in [0.1, 0.15) is 41.9 Å². The number of nitrogens with zero attached hydrogens (tertiary/aromatic N) is 3. The van der Waals surface area contributed by atoms with Gasteiger partial charge in [0.2, 0.25) is 0 Å². The molecule has 150 valence electrons. The van der Waals surface area contributed by atoms with Crippen molar-refractivity contribution < 1.29 is 9.18 Å². The Labute approximate surface area is 166 Å². The number of aromatic nitrogens is 3. The van der Waals surface area contributed by atoms with E-state index in [1.807, 2.05) is 6.92 Å². The minimum Gasteiger partial charge on any atom is -0.393 e. The van der Waals surface area contributed by atoms with Crippen molar-refractivity contribution in [3.05, 3.63) is 47.7 Å². The van der Waals surface area contributed by atoms with E-state index in [1.165, 1.54) is 12.4 Å². The fourth-order valence-electron chi connectivity index (χ4n) is 3.14. The van der Waals surface area contributed by atoms with Crippen LogP contribution in [0.2, 0.25) is 0 Å². The second-order valence-corrected chi connectivity index (χ2v) is 7.27. The highest BCUT2D eigenvalue weighted by molar-refractivity contribution is 5.99. The molecule has 0 saturated heterocycles. The number of benzene rings is 1. The summed E-state index contributed by atoms with van der Waals surface area (Å²) in [6, 6.07) is 5.74. The van der Waals surface area contributed by atoms with Crippen LogP contribution in [0, 0.1) is 11.7 Å². The minimum absolute atomic E-state index is 0.158. The fourth-order valence-corrected chi connectivity index (χ4v) is 3.14. The van der Waals surface area contributed by atoms with E-state index >= 15 is 0 Å². The summed E-state index contributed by atoms with van der Waals surface area (Å²) >= 11 is 0. The van der Waals surface area contributed by atoms with Gasteiger partial charge in [-0.25, -0.2) is 19.3 Å². The molecule has 1 saturated carbocycles. The van der Waals surface area contributed by atoms with Crippen molar-refractivity contribution in [2.45, 2.75) is 25.8 Å². The summed E-state index contributed by atoms with van der Waals surface area (Å²) in [6.07, 6.45) is 3.53. The molecule has 1 atom stereocenters. The van der Waals surface area contributed by atoms with Crippen LogP contribution in [0.25, 0.3) is 10.9 Å². The molecule has 4 rings (SSSR count). The van der Waals surface area contributed by atoms with Crippen molar-refractivity contribution in [3.63, 3.8) is 0 Å². The van der Waals surface area contributed by atoms with Gasteiger partial charge in [0.15, 0.2) is 11.6 Å². The van der Waals surface area contributed by atoms with Gasteiger partial charge in [0.25, 0.3) is 5.91 Å². The number of carbonyl (C=O) groups excluding carboxylic acids is 1. The molecule has 1 fully saturated rings. The maximum atomic E-state index is 14.3. The molecule has 9 heteroatoms. The Balaban J connectivity index is 1.72. The molecule has 1 aromatic carbocycles. The van der Waals surface area contributed by atoms with Crippen molar-refractivity contribution in [2.24, 2.45) is 5.92 Å². The van der Waals surface area contributed by atoms with E-state index in [9.17, 15) is 9.18 Å². The van der Waals surface area contributed by atoms with Crippen molar-refractivity contribution in [3.8, 4) is 0 Å². The van der Waals surface area contributed by atoms with Crippen molar-refractivity contribution in [2.75, 3.05) is 23.3 Å². The number of amides is 1. The standard InChI is InChI=1S/C20H22FN7O/c1-10(27-19-16(22)18(23)25-9-26-19)17-13(20(29)24-8-11-5-6-11)7-12-14(21)3-2-4-15(12)28-17/h2-4,7,9-11H,5-6,8,22H2,1H3,(H,24,29)(H3,23,25,26,27)/t10-/m0/s1. The summed E-state index contributed by atoms with van der Waals surface area (Å²) in [5, 5.41) is 6.35. The summed E-state index contributed by atoms with van der Waals surface area (Å²) < 4.78 is 14.3. The van der Waals surface area contributed by atoms with Gasteiger partial charge in [0.05, 0.1) is 22.8 Å². The van der Waals surface area contributed by atoms with Gasteiger partial charge in [-0.3, -0.25) is 4.79 Å². The van der Waals surface area contributed by atoms with E-state index in [4.69, 9.17) is 11.5 Å². The first-order valence-corrected chi connectivity index (χ1v) is 9.44. The van der Waals surface area contributed by atoms with Gasteiger partial charge < -0.3 is 22.1 Å². The molecule has 2 heterocycles. The molecule has 0 bridgehead atoms. The smallest absolute Gasteiger partial charge is 0.253 e. The third-order valence-corrected chi connectivity index (χ3v) is 5.01. The summed E-state index contributed by atoms with van der Waals surface area (Å²) in [6.45, 7) is 2.42. The van der Waals surface area contributed by atoms with Gasteiger partial charge in [0.1, 0.15) is 17.8 Å². The van der Waals surface area contributed by atoms with Gasteiger partial charge in [-0.2, -0.15) is 0 Å². The number of carbonyl (C=O) groups is 1. The Morgan fingerprint density at radius 1 is 1.31 bits per heavy atom. The van der Waals surface area contributed by atoms with Crippen molar-refractivity contribution >= 4 is 34.1 Å². The lowest BCUT2D eigenvalue weighted by molar-refractivity contribution is 0.0950. The number of hydrogen-bond acceptors (Lipinski definition) is 7. The second-order valence-electron chi connectivity index (χ2n) is 7.27. The Kier molecular flexibility index (Phi) is 4.87. The van der Waals surface area contributed by atoms with Crippen molar-refractivity contribution in [1.29, 1.82) is 0 Å². The molecule has 0 aliphatic heterocycles. The zero-order valence-electron chi connectivity index (χ0n) is 15.9.